The third-order valence-corrected chi connectivity index (χ3v) is 4.13. The summed E-state index contributed by atoms with van der Waals surface area (Å²) >= 11 is 0. The van der Waals surface area contributed by atoms with Gasteiger partial charge in [-0.05, 0) is 0 Å². The van der Waals surface area contributed by atoms with Gasteiger partial charge in [0.25, 0.3) is 10.2 Å². The summed E-state index contributed by atoms with van der Waals surface area (Å²) in [4.78, 5) is 13.5. The first-order valence-electron chi connectivity index (χ1n) is 5.26. The van der Waals surface area contributed by atoms with E-state index in [0.717, 1.165) is 13.1 Å². The van der Waals surface area contributed by atoms with E-state index >= 15 is 0 Å². The number of piperazine rings is 1. The molecule has 0 atom stereocenters. The molecular weight excluding hydrogens is 268 g/mol. The Hall–Kier alpha value is -0.410. The van der Waals surface area contributed by atoms with Crippen LogP contribution in [0.25, 0.3) is 0 Å². The minimum atomic E-state index is -3.60. The van der Waals surface area contributed by atoms with Crippen LogP contribution in [0.2, 0.25) is 0 Å². The minimum absolute atomic E-state index is 0. The van der Waals surface area contributed by atoms with Gasteiger partial charge in [0.05, 0.1) is 5.92 Å². The molecule has 0 unspecified atom stereocenters. The Morgan fingerprint density at radius 2 is 1.71 bits per heavy atom. The molecule has 2 heterocycles. The van der Waals surface area contributed by atoms with Crippen molar-refractivity contribution in [3.63, 3.8) is 0 Å². The smallest absolute Gasteiger partial charge is 0.277 e. The molecule has 2 saturated heterocycles. The van der Waals surface area contributed by atoms with Crippen LogP contribution >= 0.6 is 12.4 Å². The van der Waals surface area contributed by atoms with Crippen molar-refractivity contribution >= 4 is 28.5 Å². The second-order valence-electron chi connectivity index (χ2n) is 4.12. The van der Waals surface area contributed by atoms with Crippen LogP contribution in [0.15, 0.2) is 0 Å². The van der Waals surface area contributed by atoms with Crippen LogP contribution in [0.1, 0.15) is 0 Å². The van der Waals surface area contributed by atoms with Crippen LogP contribution in [-0.2, 0) is 15.0 Å². The van der Waals surface area contributed by atoms with Crippen molar-refractivity contribution in [2.75, 3.05) is 39.3 Å². The van der Waals surface area contributed by atoms with E-state index in [1.54, 1.807) is 4.90 Å². The Balaban J connectivity index is 0.00000144. The Labute approximate surface area is 107 Å². The zero-order valence-corrected chi connectivity index (χ0v) is 11.0. The summed E-state index contributed by atoms with van der Waals surface area (Å²) in [7, 11) is -3.60. The lowest BCUT2D eigenvalue weighted by atomic mass is 10.0. The SMILES string of the molecule is Cl.NS(=O)(=O)N1CCN(C(=O)C2CNC2)CC1. The summed E-state index contributed by atoms with van der Waals surface area (Å²) in [5.74, 6) is 0.189. The molecule has 2 aliphatic rings. The number of hydrogen-bond acceptors (Lipinski definition) is 4. The van der Waals surface area contributed by atoms with Gasteiger partial charge in [-0.2, -0.15) is 12.7 Å². The van der Waals surface area contributed by atoms with Gasteiger partial charge < -0.3 is 10.2 Å². The highest BCUT2D eigenvalue weighted by atomic mass is 35.5. The van der Waals surface area contributed by atoms with Gasteiger partial charge in [-0.3, -0.25) is 4.79 Å². The quantitative estimate of drug-likeness (QED) is 0.612. The number of amides is 1. The molecular formula is C8H17ClN4O3S. The van der Waals surface area contributed by atoms with E-state index < -0.39 is 10.2 Å². The zero-order chi connectivity index (χ0) is 11.8. The largest absolute Gasteiger partial charge is 0.340 e. The second kappa shape index (κ2) is 5.49. The van der Waals surface area contributed by atoms with Crippen LogP contribution in [-0.4, -0.2) is 62.8 Å². The molecule has 0 aliphatic carbocycles. The summed E-state index contributed by atoms with van der Waals surface area (Å²) in [5, 5.41) is 8.05. The average Bonchev–Trinajstić information content (AvgIpc) is 2.14. The molecule has 0 spiro atoms. The summed E-state index contributed by atoms with van der Waals surface area (Å²) in [5.41, 5.74) is 0. The number of nitrogens with two attached hydrogens (primary N) is 1. The van der Waals surface area contributed by atoms with Crippen molar-refractivity contribution in [3.8, 4) is 0 Å². The maximum Gasteiger partial charge on any atom is 0.277 e. The molecule has 100 valence electrons. The van der Waals surface area contributed by atoms with Crippen molar-refractivity contribution in [3.05, 3.63) is 0 Å². The van der Waals surface area contributed by atoms with Crippen molar-refractivity contribution in [1.82, 2.24) is 14.5 Å². The highest BCUT2D eigenvalue weighted by Crippen LogP contribution is 2.11. The maximum atomic E-state index is 11.8. The predicted molar refractivity (Wildman–Crippen MR) is 64.9 cm³/mol. The van der Waals surface area contributed by atoms with Crippen molar-refractivity contribution in [1.29, 1.82) is 0 Å². The Morgan fingerprint density at radius 1 is 1.18 bits per heavy atom. The molecule has 1 amide bonds. The van der Waals surface area contributed by atoms with Crippen molar-refractivity contribution in [2.24, 2.45) is 11.1 Å². The normalized spacial score (nSPS) is 22.8. The molecule has 0 aromatic carbocycles. The maximum absolute atomic E-state index is 11.8. The molecule has 2 fully saturated rings. The van der Waals surface area contributed by atoms with Gasteiger partial charge in [0.15, 0.2) is 0 Å². The van der Waals surface area contributed by atoms with Crippen molar-refractivity contribution in [2.45, 2.75) is 0 Å². The summed E-state index contributed by atoms with van der Waals surface area (Å²) < 4.78 is 23.3. The number of nitrogens with zero attached hydrogens (tertiary/aromatic N) is 2. The van der Waals surface area contributed by atoms with Gasteiger partial charge in [-0.1, -0.05) is 0 Å². The molecule has 17 heavy (non-hydrogen) atoms. The van der Waals surface area contributed by atoms with E-state index in [1.165, 1.54) is 4.31 Å². The molecule has 0 aromatic heterocycles. The van der Waals surface area contributed by atoms with E-state index in [9.17, 15) is 13.2 Å². The zero-order valence-electron chi connectivity index (χ0n) is 9.33. The fourth-order valence-corrected chi connectivity index (χ4v) is 2.56. The number of hydrogen-bond donors (Lipinski definition) is 2. The molecule has 2 aliphatic heterocycles. The van der Waals surface area contributed by atoms with Crippen LogP contribution in [0, 0.1) is 5.92 Å². The minimum Gasteiger partial charge on any atom is -0.340 e. The molecule has 0 bridgehead atoms. The molecule has 0 saturated carbocycles. The summed E-state index contributed by atoms with van der Waals surface area (Å²) in [6.45, 7) is 2.93. The first-order valence-corrected chi connectivity index (χ1v) is 6.76. The first kappa shape index (κ1) is 14.7. The van der Waals surface area contributed by atoms with Crippen LogP contribution < -0.4 is 10.5 Å². The molecule has 2 rings (SSSR count). The van der Waals surface area contributed by atoms with E-state index in [1.807, 2.05) is 0 Å². The third-order valence-electron chi connectivity index (χ3n) is 3.04. The molecule has 7 nitrogen and oxygen atoms in total. The summed E-state index contributed by atoms with van der Waals surface area (Å²) in [6.07, 6.45) is 0. The van der Waals surface area contributed by atoms with Gasteiger partial charge in [0.2, 0.25) is 5.91 Å². The predicted octanol–water partition coefficient (Wildman–Crippen LogP) is -2.02. The van der Waals surface area contributed by atoms with E-state index in [0.29, 0.717) is 26.2 Å². The fourth-order valence-electron chi connectivity index (χ4n) is 1.88. The fraction of sp³-hybridized carbons (Fsp3) is 0.875. The topological polar surface area (TPSA) is 95.7 Å². The van der Waals surface area contributed by atoms with E-state index in [-0.39, 0.29) is 24.2 Å². The van der Waals surface area contributed by atoms with Crippen LogP contribution in [0.5, 0.6) is 0 Å². The monoisotopic (exact) mass is 284 g/mol. The van der Waals surface area contributed by atoms with E-state index in [4.69, 9.17) is 5.14 Å². The number of carbonyl (C=O) groups is 1. The lowest BCUT2D eigenvalue weighted by molar-refractivity contribution is -0.138. The number of halogens is 1. The average molecular weight is 285 g/mol. The molecule has 0 aromatic rings. The van der Waals surface area contributed by atoms with Crippen LogP contribution in [0.4, 0.5) is 0 Å². The van der Waals surface area contributed by atoms with E-state index in [2.05, 4.69) is 5.32 Å². The van der Waals surface area contributed by atoms with Gasteiger partial charge in [-0.25, -0.2) is 5.14 Å². The Bertz CT molecular complexity index is 376. The van der Waals surface area contributed by atoms with Crippen LogP contribution in [0.3, 0.4) is 0 Å². The van der Waals surface area contributed by atoms with Crippen molar-refractivity contribution < 1.29 is 13.2 Å². The van der Waals surface area contributed by atoms with Gasteiger partial charge in [0, 0.05) is 39.3 Å². The Kier molecular flexibility index (Phi) is 4.73. The lowest BCUT2D eigenvalue weighted by Gasteiger charge is -2.37. The highest BCUT2D eigenvalue weighted by molar-refractivity contribution is 7.86. The molecule has 9 heteroatoms. The molecule has 0 radical (unpaired) electrons. The lowest BCUT2D eigenvalue weighted by Crippen LogP contribution is -2.57. The number of nitrogens with one attached hydrogen (secondary N) is 1. The molecule has 3 N–H and O–H groups in total. The van der Waals surface area contributed by atoms with Gasteiger partial charge in [-0.15, -0.1) is 12.4 Å². The third kappa shape index (κ3) is 3.29. The first-order chi connectivity index (χ1) is 7.48. The van der Waals surface area contributed by atoms with Gasteiger partial charge >= 0.3 is 0 Å². The highest BCUT2D eigenvalue weighted by Gasteiger charge is 2.32. The Morgan fingerprint density at radius 3 is 2.06 bits per heavy atom. The second-order valence-corrected chi connectivity index (χ2v) is 5.67. The standard InChI is InChI=1S/C8H16N4O3S.ClH/c9-16(14,15)12-3-1-11(2-4-12)8(13)7-5-10-6-7;/h7,10H,1-6H2,(H2,9,14,15);1H. The number of rotatable bonds is 2. The van der Waals surface area contributed by atoms with Gasteiger partial charge in [0.1, 0.15) is 0 Å². The number of carbonyl (C=O) groups excluding carboxylic acids is 1. The summed E-state index contributed by atoms with van der Waals surface area (Å²) in [6, 6.07) is 0.